The van der Waals surface area contributed by atoms with Gasteiger partial charge in [-0.3, -0.25) is 14.4 Å². The standard InChI is InChI=1S/C32H53NO12/c1-11-23-32(8)24(43-30(39)45-32)13-22(36)16(2)14-31(7,15-34)27(18(4)25(37)19(5)28(38)42-23)44-29-26(41-20(6)35)21(33(9)10)12-17(3)40-29/h16-19,21,23-27,29,34,37H,11-15H2,1-10H3/t16-,17-,18+,19-,21+,23-,24-,25+,26-,27-,29+,31+,32-/m1/s1. The molecule has 3 saturated heterocycles. The third kappa shape index (κ3) is 7.98. The van der Waals surface area contributed by atoms with Crippen molar-refractivity contribution in [3.8, 4) is 0 Å². The summed E-state index contributed by atoms with van der Waals surface area (Å²) >= 11 is 0. The molecule has 0 aromatic heterocycles. The molecule has 0 spiro atoms. The Hall–Kier alpha value is -2.32. The fraction of sp³-hybridized carbons (Fsp3) is 0.875. The number of nitrogens with zero attached hydrogens (tertiary/aromatic N) is 1. The highest BCUT2D eigenvalue weighted by Crippen LogP contribution is 2.43. The Bertz CT molecular complexity index is 1080. The van der Waals surface area contributed by atoms with Crippen LogP contribution in [0, 0.1) is 23.2 Å². The number of hydrogen-bond donors (Lipinski definition) is 2. The van der Waals surface area contributed by atoms with Crippen LogP contribution in [0.2, 0.25) is 0 Å². The number of fused-ring (bicyclic) bond motifs is 1. The molecule has 2 N–H and O–H groups in total. The lowest BCUT2D eigenvalue weighted by Gasteiger charge is -2.48. The van der Waals surface area contributed by atoms with Gasteiger partial charge < -0.3 is 43.5 Å². The number of Topliss-reactive ketones (excluding diaryl/α,β-unsaturated/α-hetero) is 1. The highest BCUT2D eigenvalue weighted by Gasteiger charge is 2.56. The maximum absolute atomic E-state index is 13.7. The third-order valence-corrected chi connectivity index (χ3v) is 9.94. The molecule has 0 aromatic rings. The van der Waals surface area contributed by atoms with Crippen LogP contribution in [0.4, 0.5) is 4.79 Å². The number of rotatable bonds is 6. The summed E-state index contributed by atoms with van der Waals surface area (Å²) in [6.45, 7) is 12.8. The van der Waals surface area contributed by atoms with Gasteiger partial charge in [0.1, 0.15) is 11.9 Å². The number of aliphatic hydroxyl groups excluding tert-OH is 2. The lowest BCUT2D eigenvalue weighted by Crippen LogP contribution is -2.59. The smallest absolute Gasteiger partial charge is 0.458 e. The van der Waals surface area contributed by atoms with Crippen molar-refractivity contribution in [2.75, 3.05) is 20.7 Å². The molecule has 0 unspecified atom stereocenters. The summed E-state index contributed by atoms with van der Waals surface area (Å²) in [5.41, 5.74) is -2.58. The van der Waals surface area contributed by atoms with Gasteiger partial charge in [-0.05, 0) is 54.1 Å². The van der Waals surface area contributed by atoms with Crippen molar-refractivity contribution in [2.45, 2.75) is 136 Å². The average Bonchev–Trinajstić information content (AvgIpc) is 3.25. The van der Waals surface area contributed by atoms with Gasteiger partial charge in [0.25, 0.3) is 0 Å². The van der Waals surface area contributed by atoms with E-state index in [1.165, 1.54) is 13.8 Å². The van der Waals surface area contributed by atoms with Crippen LogP contribution < -0.4 is 0 Å². The van der Waals surface area contributed by atoms with Crippen LogP contribution in [-0.4, -0.2) is 114 Å². The van der Waals surface area contributed by atoms with E-state index in [-0.39, 0.29) is 37.2 Å². The summed E-state index contributed by atoms with van der Waals surface area (Å²) in [6.07, 6.45) is -6.69. The summed E-state index contributed by atoms with van der Waals surface area (Å²) in [7, 11) is 3.73. The normalized spacial score (nSPS) is 43.5. The molecule has 3 aliphatic heterocycles. The van der Waals surface area contributed by atoms with Crippen molar-refractivity contribution >= 4 is 23.9 Å². The fourth-order valence-electron chi connectivity index (χ4n) is 7.14. The van der Waals surface area contributed by atoms with Gasteiger partial charge in [-0.2, -0.15) is 0 Å². The Morgan fingerprint density at radius 3 is 2.29 bits per heavy atom. The highest BCUT2D eigenvalue weighted by atomic mass is 16.8. The van der Waals surface area contributed by atoms with Crippen molar-refractivity contribution in [1.29, 1.82) is 0 Å². The Kier molecular flexibility index (Phi) is 12.1. The molecule has 13 atom stereocenters. The van der Waals surface area contributed by atoms with Gasteiger partial charge in [0.05, 0.1) is 36.9 Å². The maximum atomic E-state index is 13.7. The number of cyclic esters (lactones) is 1. The minimum Gasteiger partial charge on any atom is -0.458 e. The summed E-state index contributed by atoms with van der Waals surface area (Å²) < 4.78 is 35.3. The molecule has 13 heteroatoms. The number of carbonyl (C=O) groups excluding carboxylic acids is 4. The molecule has 3 heterocycles. The first-order valence-corrected chi connectivity index (χ1v) is 15.9. The molecule has 0 bridgehead atoms. The van der Waals surface area contributed by atoms with Crippen LogP contribution in [0.5, 0.6) is 0 Å². The van der Waals surface area contributed by atoms with Crippen LogP contribution >= 0.6 is 0 Å². The van der Waals surface area contributed by atoms with Gasteiger partial charge in [0.2, 0.25) is 0 Å². The number of hydrogen-bond acceptors (Lipinski definition) is 13. The van der Waals surface area contributed by atoms with Crippen molar-refractivity contribution in [2.24, 2.45) is 23.2 Å². The number of likely N-dealkylation sites (N-methyl/N-ethyl adjacent to an activating group) is 1. The van der Waals surface area contributed by atoms with E-state index in [9.17, 15) is 29.4 Å². The molecule has 3 fully saturated rings. The van der Waals surface area contributed by atoms with Crippen LogP contribution in [0.25, 0.3) is 0 Å². The minimum absolute atomic E-state index is 0.121. The van der Waals surface area contributed by atoms with Crippen molar-refractivity contribution in [1.82, 2.24) is 4.90 Å². The number of ketones is 1. The predicted octanol–water partition coefficient (Wildman–Crippen LogP) is 2.62. The molecule has 258 valence electrons. The molecule has 3 aliphatic rings. The first-order chi connectivity index (χ1) is 20.9. The predicted molar refractivity (Wildman–Crippen MR) is 160 cm³/mol. The largest absolute Gasteiger partial charge is 0.509 e. The van der Waals surface area contributed by atoms with Gasteiger partial charge >= 0.3 is 18.1 Å². The Labute approximate surface area is 266 Å². The van der Waals surface area contributed by atoms with Crippen LogP contribution in [0.15, 0.2) is 0 Å². The second kappa shape index (κ2) is 14.6. The van der Waals surface area contributed by atoms with E-state index < -0.39 is 90.3 Å². The maximum Gasteiger partial charge on any atom is 0.509 e. The topological polar surface area (TPSA) is 167 Å². The summed E-state index contributed by atoms with van der Waals surface area (Å²) in [4.78, 5) is 53.5. The van der Waals surface area contributed by atoms with Crippen LogP contribution in [0.3, 0.4) is 0 Å². The molecule has 0 aromatic carbocycles. The third-order valence-electron chi connectivity index (χ3n) is 9.94. The minimum atomic E-state index is -1.42. The Morgan fingerprint density at radius 2 is 1.73 bits per heavy atom. The molecule has 0 saturated carbocycles. The highest BCUT2D eigenvalue weighted by molar-refractivity contribution is 5.82. The molecule has 13 nitrogen and oxygen atoms in total. The van der Waals surface area contributed by atoms with Gasteiger partial charge in [0, 0.05) is 30.6 Å². The van der Waals surface area contributed by atoms with Gasteiger partial charge in [0.15, 0.2) is 24.1 Å². The SMILES string of the molecule is CC[C@H]1OC(=O)[C@H](C)[C@@H](O)[C@H](C)[C@@H](O[C@@H]2O[C@H](C)C[C@H](N(C)C)[C@H]2OC(C)=O)[C@](C)(CO)C[C@@H](C)C(=O)C[C@H]2OC(=O)O[C@@]21C. The lowest BCUT2D eigenvalue weighted by molar-refractivity contribution is -0.296. The van der Waals surface area contributed by atoms with E-state index in [1.54, 1.807) is 34.6 Å². The van der Waals surface area contributed by atoms with E-state index >= 15 is 0 Å². The number of esters is 2. The summed E-state index contributed by atoms with van der Waals surface area (Å²) in [5, 5.41) is 22.5. The van der Waals surface area contributed by atoms with Crippen LogP contribution in [-0.2, 0) is 42.8 Å². The zero-order valence-electron chi connectivity index (χ0n) is 28.3. The van der Waals surface area contributed by atoms with Crippen LogP contribution in [0.1, 0.15) is 81.1 Å². The quantitative estimate of drug-likeness (QED) is 0.321. The zero-order valence-corrected chi connectivity index (χ0v) is 28.3. The van der Waals surface area contributed by atoms with Gasteiger partial charge in [-0.25, -0.2) is 4.79 Å². The number of aliphatic hydroxyl groups is 2. The Morgan fingerprint density at radius 1 is 1.09 bits per heavy atom. The molecular weight excluding hydrogens is 590 g/mol. The molecular formula is C32H53NO12. The first-order valence-electron chi connectivity index (χ1n) is 15.9. The van der Waals surface area contributed by atoms with E-state index in [0.29, 0.717) is 6.42 Å². The van der Waals surface area contributed by atoms with Crippen molar-refractivity contribution in [3.63, 3.8) is 0 Å². The number of ether oxygens (including phenoxy) is 6. The zero-order chi connectivity index (χ0) is 34.0. The fourth-order valence-corrected chi connectivity index (χ4v) is 7.14. The summed E-state index contributed by atoms with van der Waals surface area (Å²) in [5.74, 6) is -4.02. The number of carbonyl (C=O) groups is 4. The average molecular weight is 644 g/mol. The monoisotopic (exact) mass is 643 g/mol. The van der Waals surface area contributed by atoms with Crippen molar-refractivity contribution in [3.05, 3.63) is 0 Å². The van der Waals surface area contributed by atoms with Gasteiger partial charge in [-0.1, -0.05) is 27.7 Å². The Balaban J connectivity index is 2.08. The second-order valence-corrected chi connectivity index (χ2v) is 13.9. The second-order valence-electron chi connectivity index (χ2n) is 13.9. The van der Waals surface area contributed by atoms with E-state index in [0.717, 1.165) is 0 Å². The van der Waals surface area contributed by atoms with Gasteiger partial charge in [-0.15, -0.1) is 0 Å². The van der Waals surface area contributed by atoms with Crippen molar-refractivity contribution < 1.29 is 57.8 Å². The molecule has 0 radical (unpaired) electrons. The molecule has 3 rings (SSSR count). The molecule has 45 heavy (non-hydrogen) atoms. The lowest BCUT2D eigenvalue weighted by atomic mass is 9.69. The van der Waals surface area contributed by atoms with E-state index in [1.807, 2.05) is 25.9 Å². The summed E-state index contributed by atoms with van der Waals surface area (Å²) in [6, 6.07) is -0.257. The molecule has 0 aliphatic carbocycles. The van der Waals surface area contributed by atoms with E-state index in [2.05, 4.69) is 0 Å². The van der Waals surface area contributed by atoms with E-state index in [4.69, 9.17) is 28.4 Å². The molecule has 0 amide bonds. The first kappa shape index (κ1) is 37.1.